The van der Waals surface area contributed by atoms with Gasteiger partial charge in [0.15, 0.2) is 5.78 Å². The number of nitrogens with one attached hydrogen (secondary N) is 2. The van der Waals surface area contributed by atoms with Crippen LogP contribution in [-0.4, -0.2) is 25.3 Å². The quantitative estimate of drug-likeness (QED) is 0.852. The fourth-order valence-electron chi connectivity index (χ4n) is 4.20. The molecule has 2 aromatic rings. The number of carbonyl (C=O) groups excluding carboxylic acids is 2. The lowest BCUT2D eigenvalue weighted by atomic mass is 9.74. The van der Waals surface area contributed by atoms with E-state index < -0.39 is 6.04 Å². The maximum Gasteiger partial charge on any atom is 0.239 e. The van der Waals surface area contributed by atoms with E-state index in [1.54, 1.807) is 13.3 Å². The zero-order valence-corrected chi connectivity index (χ0v) is 16.4. The summed E-state index contributed by atoms with van der Waals surface area (Å²) in [6.07, 6.45) is 2.83. The summed E-state index contributed by atoms with van der Waals surface area (Å²) in [4.78, 5) is 27.6. The van der Waals surface area contributed by atoms with Crippen molar-refractivity contribution in [2.24, 2.45) is 5.41 Å². The van der Waals surface area contributed by atoms with Gasteiger partial charge in [-0.15, -0.1) is 0 Å². The van der Waals surface area contributed by atoms with Gasteiger partial charge in [-0.1, -0.05) is 26.0 Å². The molecule has 146 valence electrons. The van der Waals surface area contributed by atoms with Gasteiger partial charge in [0.1, 0.15) is 11.8 Å². The highest BCUT2D eigenvalue weighted by Gasteiger charge is 2.42. The normalized spacial score (nSPS) is 20.8. The summed E-state index contributed by atoms with van der Waals surface area (Å²) in [5.74, 6) is 0.622. The van der Waals surface area contributed by atoms with E-state index in [-0.39, 0.29) is 23.7 Å². The molecule has 1 amide bonds. The van der Waals surface area contributed by atoms with Crippen molar-refractivity contribution in [2.45, 2.75) is 32.7 Å². The van der Waals surface area contributed by atoms with Gasteiger partial charge in [-0.05, 0) is 36.1 Å². The van der Waals surface area contributed by atoms with E-state index in [1.165, 1.54) is 0 Å². The summed E-state index contributed by atoms with van der Waals surface area (Å²) >= 11 is 0. The average Bonchev–Trinajstić information content (AvgIpc) is 3.13. The predicted octanol–water partition coefficient (Wildman–Crippen LogP) is 3.64. The molecule has 1 aliphatic heterocycles. The van der Waals surface area contributed by atoms with Gasteiger partial charge in [-0.3, -0.25) is 9.59 Å². The Labute approximate surface area is 164 Å². The van der Waals surface area contributed by atoms with Crippen molar-refractivity contribution in [1.82, 2.24) is 5.32 Å². The highest BCUT2D eigenvalue weighted by Crippen LogP contribution is 2.48. The Hall–Kier alpha value is -3.02. The number of fused-ring (bicyclic) bond motifs is 1. The minimum Gasteiger partial charge on any atom is -0.467 e. The van der Waals surface area contributed by atoms with Gasteiger partial charge in [0, 0.05) is 24.7 Å². The van der Waals surface area contributed by atoms with Crippen LogP contribution in [0.25, 0.3) is 0 Å². The Morgan fingerprint density at radius 2 is 2.04 bits per heavy atom. The zero-order chi connectivity index (χ0) is 19.9. The number of anilines is 2. The molecule has 0 radical (unpaired) electrons. The number of ketones is 1. The standard InChI is InChI=1S/C22H25N3O3/c1-22(2)11-15-20(17(26)12-22)21(18-9-6-10-28-18)25(13-19(27)23-3)16-8-5-4-7-14(16)24-15/h4-10,21,24H,11-13H2,1-3H3,(H,23,27)/t21-/m0/s1. The third kappa shape index (κ3) is 3.19. The minimum atomic E-state index is -0.456. The highest BCUT2D eigenvalue weighted by molar-refractivity contribution is 6.01. The van der Waals surface area contributed by atoms with Crippen molar-refractivity contribution >= 4 is 23.1 Å². The Morgan fingerprint density at radius 1 is 1.25 bits per heavy atom. The third-order valence-electron chi connectivity index (χ3n) is 5.41. The molecule has 28 heavy (non-hydrogen) atoms. The number of nitrogens with zero attached hydrogens (tertiary/aromatic N) is 1. The molecular weight excluding hydrogens is 354 g/mol. The number of furan rings is 1. The second-order valence-electron chi connectivity index (χ2n) is 8.19. The molecule has 1 atom stereocenters. The highest BCUT2D eigenvalue weighted by atomic mass is 16.3. The molecule has 0 saturated carbocycles. The van der Waals surface area contributed by atoms with Crippen molar-refractivity contribution in [1.29, 1.82) is 0 Å². The summed E-state index contributed by atoms with van der Waals surface area (Å²) in [5.41, 5.74) is 3.23. The number of allylic oxidation sites excluding steroid dienone is 1. The number of rotatable bonds is 3. The molecule has 6 nitrogen and oxygen atoms in total. The van der Waals surface area contributed by atoms with Crippen molar-refractivity contribution in [2.75, 3.05) is 23.8 Å². The van der Waals surface area contributed by atoms with E-state index in [1.807, 2.05) is 41.3 Å². The molecule has 0 fully saturated rings. The van der Waals surface area contributed by atoms with E-state index in [2.05, 4.69) is 24.5 Å². The van der Waals surface area contributed by atoms with Crippen LogP contribution in [0.1, 0.15) is 38.5 Å². The second-order valence-corrected chi connectivity index (χ2v) is 8.19. The molecule has 1 aliphatic carbocycles. The lowest BCUT2D eigenvalue weighted by molar-refractivity contribution is -0.120. The molecule has 0 saturated heterocycles. The van der Waals surface area contributed by atoms with E-state index in [0.717, 1.165) is 23.5 Å². The van der Waals surface area contributed by atoms with Crippen LogP contribution in [0, 0.1) is 5.41 Å². The lowest BCUT2D eigenvalue weighted by Crippen LogP contribution is -2.41. The van der Waals surface area contributed by atoms with Crippen molar-refractivity contribution < 1.29 is 14.0 Å². The number of likely N-dealkylation sites (N-methyl/N-ethyl adjacent to an activating group) is 1. The van der Waals surface area contributed by atoms with E-state index >= 15 is 0 Å². The first-order valence-electron chi connectivity index (χ1n) is 9.52. The molecule has 4 rings (SSSR count). The molecule has 1 aromatic heterocycles. The summed E-state index contributed by atoms with van der Waals surface area (Å²) in [6, 6.07) is 11.1. The van der Waals surface area contributed by atoms with Gasteiger partial charge >= 0.3 is 0 Å². The lowest BCUT2D eigenvalue weighted by Gasteiger charge is -2.36. The minimum absolute atomic E-state index is 0.0925. The number of carbonyl (C=O) groups is 2. The molecule has 0 bridgehead atoms. The molecule has 2 aliphatic rings. The van der Waals surface area contributed by atoms with Crippen LogP contribution in [-0.2, 0) is 9.59 Å². The molecule has 2 heterocycles. The van der Waals surface area contributed by atoms with Crippen molar-refractivity contribution in [3.63, 3.8) is 0 Å². The molecule has 2 N–H and O–H groups in total. The monoisotopic (exact) mass is 379 g/mol. The Kier molecular flexibility index (Phi) is 4.49. The van der Waals surface area contributed by atoms with Crippen molar-refractivity contribution in [3.8, 4) is 0 Å². The van der Waals surface area contributed by atoms with E-state index in [9.17, 15) is 9.59 Å². The predicted molar refractivity (Wildman–Crippen MR) is 108 cm³/mol. The summed E-state index contributed by atoms with van der Waals surface area (Å²) in [6.45, 7) is 4.34. The smallest absolute Gasteiger partial charge is 0.239 e. The number of hydrogen-bond donors (Lipinski definition) is 2. The van der Waals surface area contributed by atoms with Crippen LogP contribution in [0.3, 0.4) is 0 Å². The maximum atomic E-state index is 13.3. The molecular formula is C22H25N3O3. The fraction of sp³-hybridized carbons (Fsp3) is 0.364. The third-order valence-corrected chi connectivity index (χ3v) is 5.41. The van der Waals surface area contributed by atoms with Gasteiger partial charge in [-0.2, -0.15) is 0 Å². The number of para-hydroxylation sites is 2. The fourth-order valence-corrected chi connectivity index (χ4v) is 4.20. The Balaban J connectivity index is 1.94. The molecule has 0 spiro atoms. The zero-order valence-electron chi connectivity index (χ0n) is 16.4. The summed E-state index contributed by atoms with van der Waals surface area (Å²) < 4.78 is 5.75. The topological polar surface area (TPSA) is 74.6 Å². The first-order valence-corrected chi connectivity index (χ1v) is 9.52. The molecule has 1 aromatic carbocycles. The van der Waals surface area contributed by atoms with Gasteiger partial charge in [0.25, 0.3) is 0 Å². The maximum absolute atomic E-state index is 13.3. The van der Waals surface area contributed by atoms with Gasteiger partial charge in [0.2, 0.25) is 5.91 Å². The first kappa shape index (κ1) is 18.3. The van der Waals surface area contributed by atoms with E-state index in [0.29, 0.717) is 17.8 Å². The Bertz CT molecular complexity index is 944. The largest absolute Gasteiger partial charge is 0.467 e. The SMILES string of the molecule is CNC(=O)CN1c2ccccc2NC2=C(C(=O)CC(C)(C)C2)[C@@H]1c1ccco1. The van der Waals surface area contributed by atoms with Crippen LogP contribution >= 0.6 is 0 Å². The summed E-state index contributed by atoms with van der Waals surface area (Å²) in [5, 5.41) is 6.20. The van der Waals surface area contributed by atoms with E-state index in [4.69, 9.17) is 4.42 Å². The average molecular weight is 379 g/mol. The van der Waals surface area contributed by atoms with Gasteiger partial charge < -0.3 is 20.0 Å². The number of Topliss-reactive ketones (excluding diaryl/α,β-unsaturated/α-hetero) is 1. The summed E-state index contributed by atoms with van der Waals surface area (Å²) in [7, 11) is 1.62. The second kappa shape index (κ2) is 6.86. The van der Waals surface area contributed by atoms with Crippen LogP contribution < -0.4 is 15.5 Å². The number of hydrogen-bond acceptors (Lipinski definition) is 5. The first-order chi connectivity index (χ1) is 13.4. The van der Waals surface area contributed by atoms with Crippen molar-refractivity contribution in [3.05, 3.63) is 59.7 Å². The number of benzene rings is 1. The number of amides is 1. The van der Waals surface area contributed by atoms with Crippen LogP contribution in [0.4, 0.5) is 11.4 Å². The Morgan fingerprint density at radius 3 is 2.75 bits per heavy atom. The van der Waals surface area contributed by atoms with Gasteiger partial charge in [-0.25, -0.2) is 0 Å². The van der Waals surface area contributed by atoms with Gasteiger partial charge in [0.05, 0.1) is 24.2 Å². The molecule has 6 heteroatoms. The van der Waals surface area contributed by atoms with Crippen LogP contribution in [0.5, 0.6) is 0 Å². The van der Waals surface area contributed by atoms with Crippen LogP contribution in [0.2, 0.25) is 0 Å². The van der Waals surface area contributed by atoms with Crippen LogP contribution in [0.15, 0.2) is 58.3 Å². The molecule has 0 unspecified atom stereocenters.